The summed E-state index contributed by atoms with van der Waals surface area (Å²) in [6.07, 6.45) is 1.93. The molecule has 1 amide bonds. The van der Waals surface area contributed by atoms with Crippen LogP contribution in [-0.4, -0.2) is 30.0 Å². The van der Waals surface area contributed by atoms with Crippen LogP contribution < -0.4 is 4.74 Å². The Bertz CT molecular complexity index is 497. The first-order chi connectivity index (χ1) is 9.95. The fourth-order valence-corrected chi connectivity index (χ4v) is 2.44. The fourth-order valence-electron chi connectivity index (χ4n) is 2.44. The van der Waals surface area contributed by atoms with Crippen LogP contribution >= 0.6 is 0 Å². The van der Waals surface area contributed by atoms with Crippen LogP contribution in [0.15, 0.2) is 18.2 Å². The summed E-state index contributed by atoms with van der Waals surface area (Å²) >= 11 is 0. The van der Waals surface area contributed by atoms with Crippen molar-refractivity contribution in [3.63, 3.8) is 0 Å². The Kier molecular flexibility index (Phi) is 5.15. The number of carbonyl (C=O) groups is 1. The Balaban J connectivity index is 1.84. The number of hydrogen-bond donors (Lipinski definition) is 0. The third kappa shape index (κ3) is 4.41. The molecule has 0 aromatic heterocycles. The number of benzene rings is 1. The normalized spacial score (nSPS) is 16.3. The summed E-state index contributed by atoms with van der Waals surface area (Å²) in [6, 6.07) is 3.55. The van der Waals surface area contributed by atoms with Gasteiger partial charge in [0.25, 0.3) is 0 Å². The van der Waals surface area contributed by atoms with Crippen molar-refractivity contribution in [2.45, 2.75) is 39.2 Å². The molecule has 1 saturated heterocycles. The number of halogens is 2. The number of nitrogens with zero attached hydrogens (tertiary/aromatic N) is 1. The maximum Gasteiger partial charge on any atom is 0.222 e. The molecule has 1 aliphatic heterocycles. The molecule has 1 aromatic carbocycles. The van der Waals surface area contributed by atoms with E-state index in [1.54, 1.807) is 0 Å². The topological polar surface area (TPSA) is 29.5 Å². The van der Waals surface area contributed by atoms with Gasteiger partial charge in [-0.2, -0.15) is 0 Å². The van der Waals surface area contributed by atoms with E-state index in [0.717, 1.165) is 12.1 Å². The third-order valence-electron chi connectivity index (χ3n) is 3.57. The van der Waals surface area contributed by atoms with E-state index in [0.29, 0.717) is 44.0 Å². The molecule has 0 atom stereocenters. The van der Waals surface area contributed by atoms with Crippen LogP contribution in [0.25, 0.3) is 0 Å². The first-order valence-electron chi connectivity index (χ1n) is 7.35. The average molecular weight is 297 g/mol. The van der Waals surface area contributed by atoms with Crippen molar-refractivity contribution in [1.82, 2.24) is 4.90 Å². The van der Waals surface area contributed by atoms with Gasteiger partial charge in [-0.1, -0.05) is 13.8 Å². The third-order valence-corrected chi connectivity index (χ3v) is 3.57. The number of amides is 1. The van der Waals surface area contributed by atoms with Crippen LogP contribution in [-0.2, 0) is 4.79 Å². The molecule has 3 nitrogen and oxygen atoms in total. The zero-order chi connectivity index (χ0) is 15.4. The van der Waals surface area contributed by atoms with E-state index in [1.165, 1.54) is 6.07 Å². The second-order valence-corrected chi connectivity index (χ2v) is 5.87. The predicted octanol–water partition coefficient (Wildman–Crippen LogP) is 3.38. The molecule has 21 heavy (non-hydrogen) atoms. The molecule has 0 unspecified atom stereocenters. The second-order valence-electron chi connectivity index (χ2n) is 5.87. The van der Waals surface area contributed by atoms with E-state index in [-0.39, 0.29) is 12.0 Å². The molecule has 0 spiro atoms. The number of hydrogen-bond acceptors (Lipinski definition) is 2. The molecule has 0 saturated carbocycles. The standard InChI is InChI=1S/C16H21F2NO2/c1-11(2)9-16(20)19-7-5-12(6-8-19)21-13-3-4-14(17)15(18)10-13/h3-4,10-12H,5-9H2,1-2H3. The van der Waals surface area contributed by atoms with Gasteiger partial charge in [0.2, 0.25) is 5.91 Å². The van der Waals surface area contributed by atoms with E-state index < -0.39 is 11.6 Å². The molecule has 0 N–H and O–H groups in total. The highest BCUT2D eigenvalue weighted by molar-refractivity contribution is 5.76. The first-order valence-corrected chi connectivity index (χ1v) is 7.35. The quantitative estimate of drug-likeness (QED) is 0.852. The van der Waals surface area contributed by atoms with Crippen molar-refractivity contribution in [2.24, 2.45) is 5.92 Å². The van der Waals surface area contributed by atoms with Gasteiger partial charge in [-0.3, -0.25) is 4.79 Å². The Hall–Kier alpha value is -1.65. The molecule has 5 heteroatoms. The van der Waals surface area contributed by atoms with Crippen LogP contribution in [0.5, 0.6) is 5.75 Å². The number of rotatable bonds is 4. The van der Waals surface area contributed by atoms with Crippen molar-refractivity contribution in [1.29, 1.82) is 0 Å². The zero-order valence-electron chi connectivity index (χ0n) is 12.4. The van der Waals surface area contributed by atoms with Gasteiger partial charge >= 0.3 is 0 Å². The van der Waals surface area contributed by atoms with Gasteiger partial charge in [0.05, 0.1) is 0 Å². The van der Waals surface area contributed by atoms with Crippen LogP contribution in [0.1, 0.15) is 33.1 Å². The summed E-state index contributed by atoms with van der Waals surface area (Å²) in [5.74, 6) is -0.917. The predicted molar refractivity (Wildman–Crippen MR) is 76.0 cm³/mol. The Morgan fingerprint density at radius 3 is 2.52 bits per heavy atom. The maximum absolute atomic E-state index is 13.1. The number of ether oxygens (including phenoxy) is 1. The van der Waals surface area contributed by atoms with Crippen LogP contribution in [0.2, 0.25) is 0 Å². The SMILES string of the molecule is CC(C)CC(=O)N1CCC(Oc2ccc(F)c(F)c2)CC1. The summed E-state index contributed by atoms with van der Waals surface area (Å²) in [7, 11) is 0. The molecular formula is C16H21F2NO2. The van der Waals surface area contributed by atoms with Crippen molar-refractivity contribution in [3.05, 3.63) is 29.8 Å². The summed E-state index contributed by atoms with van der Waals surface area (Å²) in [5.41, 5.74) is 0. The molecule has 1 fully saturated rings. The smallest absolute Gasteiger partial charge is 0.222 e. The summed E-state index contributed by atoms with van der Waals surface area (Å²) in [5, 5.41) is 0. The highest BCUT2D eigenvalue weighted by Gasteiger charge is 2.24. The van der Waals surface area contributed by atoms with E-state index in [2.05, 4.69) is 0 Å². The van der Waals surface area contributed by atoms with Gasteiger partial charge in [-0.05, 0) is 18.1 Å². The van der Waals surface area contributed by atoms with E-state index in [9.17, 15) is 13.6 Å². The molecule has 0 radical (unpaired) electrons. The molecule has 2 rings (SSSR count). The minimum absolute atomic E-state index is 0.0574. The largest absolute Gasteiger partial charge is 0.490 e. The molecule has 0 bridgehead atoms. The van der Waals surface area contributed by atoms with Gasteiger partial charge in [0.15, 0.2) is 11.6 Å². The van der Waals surface area contributed by atoms with Gasteiger partial charge in [-0.15, -0.1) is 0 Å². The van der Waals surface area contributed by atoms with Crippen molar-refractivity contribution >= 4 is 5.91 Å². The highest BCUT2D eigenvalue weighted by Crippen LogP contribution is 2.21. The number of likely N-dealkylation sites (tertiary alicyclic amines) is 1. The lowest BCUT2D eigenvalue weighted by atomic mass is 10.0. The van der Waals surface area contributed by atoms with Crippen LogP contribution in [0.4, 0.5) is 8.78 Å². The average Bonchev–Trinajstić information content (AvgIpc) is 2.43. The lowest BCUT2D eigenvalue weighted by Gasteiger charge is -2.32. The summed E-state index contributed by atoms with van der Waals surface area (Å²) in [6.45, 7) is 5.35. The monoisotopic (exact) mass is 297 g/mol. The lowest BCUT2D eigenvalue weighted by molar-refractivity contribution is -0.133. The number of carbonyl (C=O) groups excluding carboxylic acids is 1. The van der Waals surface area contributed by atoms with Crippen molar-refractivity contribution in [2.75, 3.05) is 13.1 Å². The van der Waals surface area contributed by atoms with Gasteiger partial charge < -0.3 is 9.64 Å². The van der Waals surface area contributed by atoms with E-state index in [4.69, 9.17) is 4.74 Å². The van der Waals surface area contributed by atoms with Gasteiger partial charge in [0.1, 0.15) is 11.9 Å². The minimum atomic E-state index is -0.906. The van der Waals surface area contributed by atoms with E-state index in [1.807, 2.05) is 18.7 Å². The Labute approximate surface area is 123 Å². The maximum atomic E-state index is 13.1. The summed E-state index contributed by atoms with van der Waals surface area (Å²) < 4.78 is 31.6. The first kappa shape index (κ1) is 15.7. The molecule has 1 aliphatic rings. The van der Waals surface area contributed by atoms with Gasteiger partial charge in [0, 0.05) is 38.4 Å². The lowest BCUT2D eigenvalue weighted by Crippen LogP contribution is -2.42. The highest BCUT2D eigenvalue weighted by atomic mass is 19.2. The van der Waals surface area contributed by atoms with Gasteiger partial charge in [-0.25, -0.2) is 8.78 Å². The Morgan fingerprint density at radius 2 is 1.95 bits per heavy atom. The molecular weight excluding hydrogens is 276 g/mol. The van der Waals surface area contributed by atoms with Crippen LogP contribution in [0, 0.1) is 17.6 Å². The number of piperidine rings is 1. The molecule has 1 heterocycles. The second kappa shape index (κ2) is 6.87. The zero-order valence-corrected chi connectivity index (χ0v) is 12.4. The van der Waals surface area contributed by atoms with Crippen LogP contribution in [0.3, 0.4) is 0 Å². The molecule has 1 aromatic rings. The Morgan fingerprint density at radius 1 is 1.29 bits per heavy atom. The van der Waals surface area contributed by atoms with Crippen molar-refractivity contribution in [3.8, 4) is 5.75 Å². The van der Waals surface area contributed by atoms with E-state index >= 15 is 0 Å². The summed E-state index contributed by atoms with van der Waals surface area (Å²) in [4.78, 5) is 13.8. The fraction of sp³-hybridized carbons (Fsp3) is 0.562. The molecule has 116 valence electrons. The molecule has 0 aliphatic carbocycles. The van der Waals surface area contributed by atoms with Crippen molar-refractivity contribution < 1.29 is 18.3 Å². The minimum Gasteiger partial charge on any atom is -0.490 e.